The van der Waals surface area contributed by atoms with Crippen LogP contribution in [0.1, 0.15) is 145 Å². The molecule has 0 unspecified atom stereocenters. The fourth-order valence-electron chi connectivity index (χ4n) is 8.15. The van der Waals surface area contributed by atoms with Crippen molar-refractivity contribution < 1.29 is 47.9 Å². The standard InChI is InChI=1S/C52H101N19O10/c1-9-31(7)41(71-50(81)42(32(8)10-2)70-48(79)36(20-16-24-62-52(59)60)67-44(75)33(55)17-15-23-61-51(57)58)49(80)68-35(19-12-14-22-54)47(78)69-38(26-30(5)6)46(77)64-28-40(73)66-37(25-29(3)4)45(76)63-27-39(72)65-34(43(56)74)18-11-13-21-53/h29-38,41-42H,9-28,53-55H2,1-8H3,(H2,56,74)(H,63,76)(H,64,77)(H,65,72)(H,66,73)(H,67,75)(H,68,80)(H,69,78)(H,70,79)(H,71,81)(H4,57,58,61)(H4,59,60,62)/t31-,32-,33-,34-,35-,36-,37-,38-,41-,42-/m0/s1. The van der Waals surface area contributed by atoms with E-state index in [2.05, 4.69) is 57.8 Å². The predicted octanol–water partition coefficient (Wildman–Crippen LogP) is -4.03. The molecule has 0 saturated heterocycles. The van der Waals surface area contributed by atoms with Crippen molar-refractivity contribution in [3.05, 3.63) is 0 Å². The summed E-state index contributed by atoms with van der Waals surface area (Å²) in [5, 5.41) is 23.9. The number of rotatable bonds is 43. The number of nitrogens with zero attached hydrogens (tertiary/aromatic N) is 2. The molecule has 0 radical (unpaired) electrons. The van der Waals surface area contributed by atoms with Crippen molar-refractivity contribution in [1.29, 1.82) is 0 Å². The van der Waals surface area contributed by atoms with E-state index < -0.39 is 132 Å². The van der Waals surface area contributed by atoms with Gasteiger partial charge in [0, 0.05) is 13.1 Å². The number of aliphatic imine (C=N–C) groups is 2. The smallest absolute Gasteiger partial charge is 0.243 e. The number of nitrogens with two attached hydrogens (primary N) is 8. The van der Waals surface area contributed by atoms with E-state index in [0.29, 0.717) is 51.5 Å². The number of nitrogens with one attached hydrogen (secondary N) is 9. The lowest BCUT2D eigenvalue weighted by molar-refractivity contribution is -0.136. The molecule has 10 atom stereocenters. The largest absolute Gasteiger partial charge is 0.370 e. The molecule has 29 heteroatoms. The van der Waals surface area contributed by atoms with Crippen LogP contribution in [-0.2, 0) is 47.9 Å². The highest BCUT2D eigenvalue weighted by Crippen LogP contribution is 2.15. The monoisotopic (exact) mass is 1150 g/mol. The van der Waals surface area contributed by atoms with E-state index in [4.69, 9.17) is 45.9 Å². The molecule has 464 valence electrons. The first-order valence-corrected chi connectivity index (χ1v) is 28.3. The quantitative estimate of drug-likeness (QED) is 0.0157. The van der Waals surface area contributed by atoms with Crippen LogP contribution in [0.2, 0.25) is 0 Å². The Morgan fingerprint density at radius 1 is 0.407 bits per heavy atom. The van der Waals surface area contributed by atoms with Gasteiger partial charge in [0.2, 0.25) is 59.1 Å². The van der Waals surface area contributed by atoms with Gasteiger partial charge >= 0.3 is 0 Å². The third-order valence-corrected chi connectivity index (χ3v) is 13.2. The summed E-state index contributed by atoms with van der Waals surface area (Å²) in [5.74, 6) is -8.52. The maximum atomic E-state index is 14.4. The van der Waals surface area contributed by atoms with Gasteiger partial charge in [0.25, 0.3) is 0 Å². The number of carbonyl (C=O) groups is 10. The number of guanidine groups is 2. The molecule has 81 heavy (non-hydrogen) atoms. The van der Waals surface area contributed by atoms with Crippen molar-refractivity contribution >= 4 is 71.0 Å². The summed E-state index contributed by atoms with van der Waals surface area (Å²) < 4.78 is 0. The molecule has 0 heterocycles. The normalized spacial score (nSPS) is 14.8. The summed E-state index contributed by atoms with van der Waals surface area (Å²) in [6.45, 7) is 14.3. The second kappa shape index (κ2) is 41.2. The number of carbonyl (C=O) groups excluding carboxylic acids is 10. The zero-order valence-corrected chi connectivity index (χ0v) is 49.2. The maximum absolute atomic E-state index is 14.4. The highest BCUT2D eigenvalue weighted by molar-refractivity contribution is 5.98. The minimum Gasteiger partial charge on any atom is -0.370 e. The molecule has 0 fully saturated rings. The summed E-state index contributed by atoms with van der Waals surface area (Å²) in [6, 6.07) is -9.11. The Labute approximate surface area is 477 Å². The lowest BCUT2D eigenvalue weighted by Crippen LogP contribution is -2.61. The van der Waals surface area contributed by atoms with Crippen molar-refractivity contribution in [2.24, 2.45) is 79.5 Å². The van der Waals surface area contributed by atoms with Crippen molar-refractivity contribution in [3.63, 3.8) is 0 Å². The first kappa shape index (κ1) is 74.1. The predicted molar refractivity (Wildman–Crippen MR) is 310 cm³/mol. The summed E-state index contributed by atoms with van der Waals surface area (Å²) in [7, 11) is 0. The van der Waals surface area contributed by atoms with Crippen molar-refractivity contribution in [3.8, 4) is 0 Å². The summed E-state index contributed by atoms with van der Waals surface area (Å²) in [6.07, 6.45) is 4.42. The Kier molecular flexibility index (Phi) is 37.7. The molecule has 0 aromatic rings. The van der Waals surface area contributed by atoms with E-state index in [1.165, 1.54) is 0 Å². The fraction of sp³-hybridized carbons (Fsp3) is 0.769. The van der Waals surface area contributed by atoms with Crippen molar-refractivity contribution in [2.45, 2.75) is 194 Å². The molecule has 0 bridgehead atoms. The Balaban J connectivity index is 6.41. The third-order valence-electron chi connectivity index (χ3n) is 13.2. The minimum absolute atomic E-state index is 0.0632. The number of amides is 10. The number of hydrogen-bond donors (Lipinski definition) is 17. The van der Waals surface area contributed by atoms with Crippen LogP contribution < -0.4 is 93.7 Å². The van der Waals surface area contributed by atoms with Crippen LogP contribution in [0.25, 0.3) is 0 Å². The summed E-state index contributed by atoms with van der Waals surface area (Å²) in [4.78, 5) is 143. The van der Waals surface area contributed by atoms with Crippen LogP contribution in [0.4, 0.5) is 0 Å². The average Bonchev–Trinajstić information content (AvgIpc) is 3.40. The summed E-state index contributed by atoms with van der Waals surface area (Å²) >= 11 is 0. The Morgan fingerprint density at radius 3 is 1.19 bits per heavy atom. The zero-order chi connectivity index (χ0) is 61.8. The molecule has 0 aromatic carbocycles. The minimum atomic E-state index is -1.22. The fourth-order valence-corrected chi connectivity index (χ4v) is 8.15. The summed E-state index contributed by atoms with van der Waals surface area (Å²) in [5.41, 5.74) is 44.6. The number of primary amides is 1. The van der Waals surface area contributed by atoms with Crippen molar-refractivity contribution in [1.82, 2.24) is 47.9 Å². The topological polar surface area (TPSA) is 512 Å². The van der Waals surface area contributed by atoms with Gasteiger partial charge in [-0.3, -0.25) is 57.9 Å². The maximum Gasteiger partial charge on any atom is 0.243 e. The highest BCUT2D eigenvalue weighted by atomic mass is 16.2. The molecule has 29 nitrogen and oxygen atoms in total. The molecule has 0 aromatic heterocycles. The van der Waals surface area contributed by atoms with Crippen LogP contribution in [0.3, 0.4) is 0 Å². The molecule has 25 N–H and O–H groups in total. The SMILES string of the molecule is CC[C@H](C)[C@H](NC(=O)[C@H](CCCN=C(N)N)NC(=O)[C@@H](N)CCCN=C(N)N)C(=O)N[C@H](C(=O)N[C@@H](CCCCN)C(=O)N[C@@H](CC(C)C)C(=O)NCC(=O)N[C@@H](CC(C)C)C(=O)NCC(=O)N[C@@H](CCCCN)C(N)=O)[C@@H](C)CC. The van der Waals surface area contributed by atoms with E-state index in [9.17, 15) is 47.9 Å². The van der Waals surface area contributed by atoms with E-state index in [1.807, 2.05) is 41.5 Å². The molecule has 0 saturated carbocycles. The third kappa shape index (κ3) is 32.2. The molecule has 0 aliphatic heterocycles. The lowest BCUT2D eigenvalue weighted by Gasteiger charge is -2.31. The molecule has 0 aliphatic rings. The highest BCUT2D eigenvalue weighted by Gasteiger charge is 2.36. The van der Waals surface area contributed by atoms with Crippen LogP contribution in [0, 0.1) is 23.7 Å². The first-order chi connectivity index (χ1) is 38.1. The second-order valence-corrected chi connectivity index (χ2v) is 21.3. The molecular formula is C52H101N19O10. The van der Waals surface area contributed by atoms with E-state index in [-0.39, 0.29) is 88.3 Å². The molecule has 10 amide bonds. The zero-order valence-electron chi connectivity index (χ0n) is 49.2. The van der Waals surface area contributed by atoms with Gasteiger partial charge in [0.15, 0.2) is 11.9 Å². The van der Waals surface area contributed by atoms with Crippen LogP contribution in [0.15, 0.2) is 9.98 Å². The van der Waals surface area contributed by atoms with E-state index in [0.717, 1.165) is 0 Å². The average molecular weight is 1150 g/mol. The molecule has 0 aliphatic carbocycles. The van der Waals surface area contributed by atoms with Crippen LogP contribution in [-0.4, -0.2) is 159 Å². The van der Waals surface area contributed by atoms with Crippen LogP contribution in [0.5, 0.6) is 0 Å². The van der Waals surface area contributed by atoms with Gasteiger partial charge in [-0.25, -0.2) is 0 Å². The Hall–Kier alpha value is -6.88. The number of hydrogen-bond acceptors (Lipinski definition) is 15. The van der Waals surface area contributed by atoms with E-state index >= 15 is 0 Å². The van der Waals surface area contributed by atoms with Gasteiger partial charge in [-0.1, -0.05) is 68.2 Å². The van der Waals surface area contributed by atoms with Gasteiger partial charge in [0.1, 0.15) is 42.3 Å². The first-order valence-electron chi connectivity index (χ1n) is 28.3. The van der Waals surface area contributed by atoms with Gasteiger partial charge < -0.3 is 93.7 Å². The van der Waals surface area contributed by atoms with Gasteiger partial charge in [0.05, 0.1) is 19.1 Å². The Morgan fingerprint density at radius 2 is 0.765 bits per heavy atom. The molecule has 0 spiro atoms. The van der Waals surface area contributed by atoms with Crippen LogP contribution >= 0.6 is 0 Å². The molecular weight excluding hydrogens is 1050 g/mol. The molecule has 0 rings (SSSR count). The van der Waals surface area contributed by atoms with E-state index in [1.54, 1.807) is 13.8 Å². The lowest BCUT2D eigenvalue weighted by atomic mass is 9.94. The second-order valence-electron chi connectivity index (χ2n) is 21.3. The number of unbranched alkanes of at least 4 members (excludes halogenated alkanes) is 2. The van der Waals surface area contributed by atoms with Crippen molar-refractivity contribution in [2.75, 3.05) is 39.3 Å². The van der Waals surface area contributed by atoms with Gasteiger partial charge in [-0.05, 0) is 114 Å². The van der Waals surface area contributed by atoms with Gasteiger partial charge in [-0.15, -0.1) is 0 Å². The Bertz CT molecular complexity index is 2050. The van der Waals surface area contributed by atoms with Gasteiger partial charge in [-0.2, -0.15) is 0 Å².